The SMILES string of the molecule is O=C(CNc1ccc(Cl)c(Cl)c1)N1c2ccccc2Cc2ccccc21. The van der Waals surface area contributed by atoms with Gasteiger partial charge in [-0.05, 0) is 41.5 Å². The minimum Gasteiger partial charge on any atom is -0.376 e. The summed E-state index contributed by atoms with van der Waals surface area (Å²) in [6.07, 6.45) is 0.830. The lowest BCUT2D eigenvalue weighted by molar-refractivity contribution is -0.116. The number of nitrogens with zero attached hydrogens (tertiary/aromatic N) is 1. The van der Waals surface area contributed by atoms with Crippen molar-refractivity contribution in [3.8, 4) is 0 Å². The predicted octanol–water partition coefficient (Wildman–Crippen LogP) is 5.67. The van der Waals surface area contributed by atoms with E-state index in [0.29, 0.717) is 10.0 Å². The van der Waals surface area contributed by atoms with Crippen molar-refractivity contribution in [3.63, 3.8) is 0 Å². The van der Waals surface area contributed by atoms with E-state index in [1.165, 1.54) is 0 Å². The lowest BCUT2D eigenvalue weighted by Gasteiger charge is -2.31. The number of hydrogen-bond acceptors (Lipinski definition) is 2. The molecular weight excluding hydrogens is 367 g/mol. The highest BCUT2D eigenvalue weighted by Gasteiger charge is 2.26. The molecule has 0 saturated carbocycles. The summed E-state index contributed by atoms with van der Waals surface area (Å²) in [6.45, 7) is 0.153. The molecule has 0 aliphatic carbocycles. The Bertz CT molecular complexity index is 942. The summed E-state index contributed by atoms with van der Waals surface area (Å²) in [5, 5.41) is 4.08. The second-order valence-corrected chi connectivity index (χ2v) is 6.96. The second-order valence-electron chi connectivity index (χ2n) is 6.15. The van der Waals surface area contributed by atoms with Gasteiger partial charge in [-0.15, -0.1) is 0 Å². The lowest BCUT2D eigenvalue weighted by atomic mass is 9.95. The molecular formula is C21H16Cl2N2O. The normalized spacial score (nSPS) is 12.3. The zero-order valence-electron chi connectivity index (χ0n) is 13.9. The van der Waals surface area contributed by atoms with Gasteiger partial charge in [-0.1, -0.05) is 59.6 Å². The van der Waals surface area contributed by atoms with Gasteiger partial charge < -0.3 is 5.32 Å². The molecule has 1 aliphatic rings. The van der Waals surface area contributed by atoms with Gasteiger partial charge in [-0.3, -0.25) is 9.69 Å². The van der Waals surface area contributed by atoms with Crippen molar-refractivity contribution in [1.29, 1.82) is 0 Å². The van der Waals surface area contributed by atoms with E-state index in [2.05, 4.69) is 17.4 Å². The molecule has 0 spiro atoms. The highest BCUT2D eigenvalue weighted by molar-refractivity contribution is 6.42. The Kier molecular flexibility index (Phi) is 4.58. The summed E-state index contributed by atoms with van der Waals surface area (Å²) in [5.74, 6) is -0.0318. The van der Waals surface area contributed by atoms with Crippen LogP contribution in [0, 0.1) is 0 Å². The fraction of sp³-hybridized carbons (Fsp3) is 0.0952. The van der Waals surface area contributed by atoms with Gasteiger partial charge in [0.15, 0.2) is 0 Å². The van der Waals surface area contributed by atoms with Crippen molar-refractivity contribution in [1.82, 2.24) is 0 Å². The molecule has 0 atom stereocenters. The first-order chi connectivity index (χ1) is 12.6. The van der Waals surface area contributed by atoms with Gasteiger partial charge in [0, 0.05) is 12.1 Å². The molecule has 0 bridgehead atoms. The molecule has 3 aromatic rings. The number of hydrogen-bond donors (Lipinski definition) is 1. The average molecular weight is 383 g/mol. The van der Waals surface area contributed by atoms with E-state index in [1.807, 2.05) is 36.4 Å². The average Bonchev–Trinajstić information content (AvgIpc) is 2.66. The van der Waals surface area contributed by atoms with E-state index in [1.54, 1.807) is 23.1 Å². The molecule has 5 heteroatoms. The monoisotopic (exact) mass is 382 g/mol. The number of amides is 1. The van der Waals surface area contributed by atoms with Crippen LogP contribution in [0.5, 0.6) is 0 Å². The van der Waals surface area contributed by atoms with Crippen LogP contribution in [0.2, 0.25) is 10.0 Å². The quantitative estimate of drug-likeness (QED) is 0.632. The molecule has 130 valence electrons. The number of rotatable bonds is 3. The standard InChI is InChI=1S/C21H16Cl2N2O/c22-17-10-9-16(12-18(17)23)24-13-21(26)25-19-7-3-1-5-14(19)11-15-6-2-4-8-20(15)25/h1-10,12,24H,11,13H2. The summed E-state index contributed by atoms with van der Waals surface area (Å²) < 4.78 is 0. The first kappa shape index (κ1) is 17.0. The van der Waals surface area contributed by atoms with E-state index < -0.39 is 0 Å². The minimum atomic E-state index is -0.0318. The fourth-order valence-corrected chi connectivity index (χ4v) is 3.52. The molecule has 0 saturated heterocycles. The van der Waals surface area contributed by atoms with Gasteiger partial charge in [-0.2, -0.15) is 0 Å². The summed E-state index contributed by atoms with van der Waals surface area (Å²) in [6, 6.07) is 21.3. The number of para-hydroxylation sites is 2. The largest absolute Gasteiger partial charge is 0.376 e. The fourth-order valence-electron chi connectivity index (χ4n) is 3.22. The third-order valence-electron chi connectivity index (χ3n) is 4.46. The summed E-state index contributed by atoms with van der Waals surface area (Å²) in [5.41, 5.74) is 4.92. The highest BCUT2D eigenvalue weighted by atomic mass is 35.5. The van der Waals surface area contributed by atoms with Gasteiger partial charge in [0.1, 0.15) is 0 Å². The van der Waals surface area contributed by atoms with Gasteiger partial charge in [0.05, 0.1) is 28.0 Å². The third kappa shape index (κ3) is 3.16. The molecule has 1 aliphatic heterocycles. The topological polar surface area (TPSA) is 32.3 Å². The molecule has 0 unspecified atom stereocenters. The number of nitrogens with one attached hydrogen (secondary N) is 1. The molecule has 3 aromatic carbocycles. The molecule has 1 heterocycles. The lowest BCUT2D eigenvalue weighted by Crippen LogP contribution is -2.34. The maximum atomic E-state index is 13.1. The first-order valence-electron chi connectivity index (χ1n) is 8.31. The number of anilines is 3. The number of benzene rings is 3. The van der Waals surface area contributed by atoms with Crippen molar-refractivity contribution in [3.05, 3.63) is 87.9 Å². The van der Waals surface area contributed by atoms with Crippen LogP contribution in [-0.4, -0.2) is 12.5 Å². The molecule has 0 fully saturated rings. The van der Waals surface area contributed by atoms with E-state index in [-0.39, 0.29) is 12.5 Å². The van der Waals surface area contributed by atoms with Crippen LogP contribution in [0.25, 0.3) is 0 Å². The van der Waals surface area contributed by atoms with Gasteiger partial charge >= 0.3 is 0 Å². The smallest absolute Gasteiger partial charge is 0.250 e. The van der Waals surface area contributed by atoms with Crippen LogP contribution in [0.4, 0.5) is 17.1 Å². The van der Waals surface area contributed by atoms with Crippen molar-refractivity contribution in [2.45, 2.75) is 6.42 Å². The van der Waals surface area contributed by atoms with Crippen LogP contribution >= 0.6 is 23.2 Å². The van der Waals surface area contributed by atoms with Crippen molar-refractivity contribution >= 4 is 46.2 Å². The number of fused-ring (bicyclic) bond motifs is 2. The molecule has 26 heavy (non-hydrogen) atoms. The summed E-state index contributed by atoms with van der Waals surface area (Å²) in [4.78, 5) is 14.8. The maximum absolute atomic E-state index is 13.1. The maximum Gasteiger partial charge on any atom is 0.250 e. The zero-order chi connectivity index (χ0) is 18.1. The summed E-state index contributed by atoms with van der Waals surface area (Å²) >= 11 is 12.0. The van der Waals surface area contributed by atoms with E-state index in [9.17, 15) is 4.79 Å². The Morgan fingerprint density at radius 3 is 2.12 bits per heavy atom. The van der Waals surface area contributed by atoms with Crippen molar-refractivity contribution < 1.29 is 4.79 Å². The molecule has 0 radical (unpaired) electrons. The van der Waals surface area contributed by atoms with Gasteiger partial charge in [0.2, 0.25) is 0 Å². The minimum absolute atomic E-state index is 0.0318. The highest BCUT2D eigenvalue weighted by Crippen LogP contribution is 2.38. The van der Waals surface area contributed by atoms with Gasteiger partial charge in [-0.25, -0.2) is 0 Å². The molecule has 4 rings (SSSR count). The van der Waals surface area contributed by atoms with Crippen molar-refractivity contribution in [2.75, 3.05) is 16.8 Å². The van der Waals surface area contributed by atoms with Crippen LogP contribution < -0.4 is 10.2 Å². The van der Waals surface area contributed by atoms with E-state index >= 15 is 0 Å². The van der Waals surface area contributed by atoms with Gasteiger partial charge in [0.25, 0.3) is 5.91 Å². The number of carbonyl (C=O) groups is 1. The Morgan fingerprint density at radius 1 is 0.885 bits per heavy atom. The number of carbonyl (C=O) groups excluding carboxylic acids is 1. The Morgan fingerprint density at radius 2 is 1.50 bits per heavy atom. The molecule has 1 amide bonds. The molecule has 1 N–H and O–H groups in total. The van der Waals surface area contributed by atoms with Crippen LogP contribution in [0.3, 0.4) is 0 Å². The third-order valence-corrected chi connectivity index (χ3v) is 5.20. The Labute approximate surface area is 162 Å². The van der Waals surface area contributed by atoms with Crippen LogP contribution in [0.1, 0.15) is 11.1 Å². The molecule has 0 aromatic heterocycles. The zero-order valence-corrected chi connectivity index (χ0v) is 15.4. The molecule has 3 nitrogen and oxygen atoms in total. The summed E-state index contributed by atoms with van der Waals surface area (Å²) in [7, 11) is 0. The van der Waals surface area contributed by atoms with E-state index in [0.717, 1.165) is 34.6 Å². The van der Waals surface area contributed by atoms with Crippen molar-refractivity contribution in [2.24, 2.45) is 0 Å². The van der Waals surface area contributed by atoms with Crippen LogP contribution in [-0.2, 0) is 11.2 Å². The predicted molar refractivity (Wildman–Crippen MR) is 108 cm³/mol. The second kappa shape index (κ2) is 7.02. The van der Waals surface area contributed by atoms with Crippen LogP contribution in [0.15, 0.2) is 66.7 Å². The number of halogens is 2. The van der Waals surface area contributed by atoms with E-state index in [4.69, 9.17) is 23.2 Å². The first-order valence-corrected chi connectivity index (χ1v) is 9.07. The Hall–Kier alpha value is -2.49. The Balaban J connectivity index is 1.62.